The van der Waals surface area contributed by atoms with Gasteiger partial charge in [0, 0.05) is 12.8 Å². The van der Waals surface area contributed by atoms with Gasteiger partial charge in [-0.15, -0.1) is 0 Å². The van der Waals surface area contributed by atoms with Crippen LogP contribution in [0.15, 0.2) is 24.3 Å². The van der Waals surface area contributed by atoms with Gasteiger partial charge in [0.1, 0.15) is 5.54 Å². The van der Waals surface area contributed by atoms with Gasteiger partial charge in [0.15, 0.2) is 0 Å². The fourth-order valence-corrected chi connectivity index (χ4v) is 2.61. The van der Waals surface area contributed by atoms with Crippen molar-refractivity contribution < 1.29 is 14.3 Å². The lowest BCUT2D eigenvalue weighted by molar-refractivity contribution is -0.142. The number of hydrogen-bond donors (Lipinski definition) is 1. The highest BCUT2D eigenvalue weighted by atomic mass is 16.5. The minimum Gasteiger partial charge on any atom is -0.469 e. The number of nitrogens with one attached hydrogen (secondary N) is 1. The number of rotatable bonds is 4. The molecule has 5 nitrogen and oxygen atoms in total. The Morgan fingerprint density at radius 1 is 1.33 bits per heavy atom. The van der Waals surface area contributed by atoms with E-state index < -0.39 is 11.5 Å². The molecule has 2 rings (SSSR count). The molecule has 21 heavy (non-hydrogen) atoms. The van der Waals surface area contributed by atoms with E-state index in [1.54, 1.807) is 0 Å². The number of nitrogens with zero attached hydrogens (tertiary/aromatic N) is 1. The number of methoxy groups -OCH3 is 1. The van der Waals surface area contributed by atoms with E-state index in [0.29, 0.717) is 12.8 Å². The molecule has 1 aromatic rings. The molecule has 5 heteroatoms. The van der Waals surface area contributed by atoms with Gasteiger partial charge >= 0.3 is 5.97 Å². The highest BCUT2D eigenvalue weighted by molar-refractivity contribution is 5.82. The van der Waals surface area contributed by atoms with Gasteiger partial charge in [-0.05, 0) is 24.0 Å². The fraction of sp³-hybridized carbons (Fsp3) is 0.438. The molecule has 1 N–H and O–H groups in total. The maximum atomic E-state index is 11.9. The SMILES string of the molecule is COC(=O)CCC(=O)NC1(C#N)CCc2ccccc2C1. The molecule has 1 unspecified atom stereocenters. The monoisotopic (exact) mass is 286 g/mol. The summed E-state index contributed by atoms with van der Waals surface area (Å²) < 4.78 is 4.50. The largest absolute Gasteiger partial charge is 0.469 e. The molecule has 0 fully saturated rings. The topological polar surface area (TPSA) is 79.2 Å². The smallest absolute Gasteiger partial charge is 0.306 e. The van der Waals surface area contributed by atoms with E-state index in [2.05, 4.69) is 22.2 Å². The zero-order valence-corrected chi connectivity index (χ0v) is 12.0. The summed E-state index contributed by atoms with van der Waals surface area (Å²) in [5, 5.41) is 12.3. The van der Waals surface area contributed by atoms with Crippen LogP contribution in [0.4, 0.5) is 0 Å². The van der Waals surface area contributed by atoms with Crippen molar-refractivity contribution in [1.82, 2.24) is 5.32 Å². The molecule has 0 aromatic heterocycles. The van der Waals surface area contributed by atoms with E-state index in [4.69, 9.17) is 0 Å². The van der Waals surface area contributed by atoms with Crippen molar-refractivity contribution in [3.63, 3.8) is 0 Å². The number of hydrogen-bond acceptors (Lipinski definition) is 4. The number of aryl methyl sites for hydroxylation is 1. The molecule has 0 heterocycles. The first-order valence-electron chi connectivity index (χ1n) is 6.94. The number of carbonyl (C=O) groups is 2. The van der Waals surface area contributed by atoms with Gasteiger partial charge in [0.25, 0.3) is 0 Å². The van der Waals surface area contributed by atoms with E-state index in [0.717, 1.165) is 12.0 Å². The first-order chi connectivity index (χ1) is 10.1. The molecule has 0 saturated heterocycles. The van der Waals surface area contributed by atoms with Gasteiger partial charge in [0.2, 0.25) is 5.91 Å². The Hall–Kier alpha value is -2.35. The second-order valence-corrected chi connectivity index (χ2v) is 5.26. The van der Waals surface area contributed by atoms with Crippen LogP contribution in [-0.4, -0.2) is 24.5 Å². The molecular formula is C16H18N2O3. The zero-order valence-electron chi connectivity index (χ0n) is 12.0. The molecule has 1 aliphatic rings. The average Bonchev–Trinajstić information content (AvgIpc) is 2.52. The van der Waals surface area contributed by atoms with Gasteiger partial charge in [-0.1, -0.05) is 24.3 Å². The van der Waals surface area contributed by atoms with Crippen LogP contribution in [0.3, 0.4) is 0 Å². The Labute approximate surface area is 123 Å². The quantitative estimate of drug-likeness (QED) is 0.851. The first kappa shape index (κ1) is 15.0. The molecule has 0 aliphatic heterocycles. The molecule has 1 amide bonds. The third-order valence-corrected chi connectivity index (χ3v) is 3.81. The molecule has 1 aromatic carbocycles. The van der Waals surface area contributed by atoms with Crippen molar-refractivity contribution in [3.05, 3.63) is 35.4 Å². The number of benzene rings is 1. The van der Waals surface area contributed by atoms with Crippen LogP contribution in [0.1, 0.15) is 30.4 Å². The summed E-state index contributed by atoms with van der Waals surface area (Å²) in [5.74, 6) is -0.716. The Bertz CT molecular complexity index is 591. The van der Waals surface area contributed by atoms with Crippen molar-refractivity contribution in [1.29, 1.82) is 5.26 Å². The van der Waals surface area contributed by atoms with Gasteiger partial charge in [-0.25, -0.2) is 0 Å². The number of esters is 1. The Balaban J connectivity index is 2.02. The minimum absolute atomic E-state index is 0.0282. The van der Waals surface area contributed by atoms with E-state index in [1.807, 2.05) is 18.2 Å². The third kappa shape index (κ3) is 3.60. The van der Waals surface area contributed by atoms with Crippen LogP contribution in [0.25, 0.3) is 0 Å². The van der Waals surface area contributed by atoms with Crippen molar-refractivity contribution in [2.75, 3.05) is 7.11 Å². The maximum Gasteiger partial charge on any atom is 0.306 e. The third-order valence-electron chi connectivity index (χ3n) is 3.81. The molecule has 0 radical (unpaired) electrons. The Morgan fingerprint density at radius 2 is 2.05 bits per heavy atom. The summed E-state index contributed by atoms with van der Waals surface area (Å²) in [6.07, 6.45) is 1.92. The number of amides is 1. The summed E-state index contributed by atoms with van der Waals surface area (Å²) in [6.45, 7) is 0. The molecule has 1 aliphatic carbocycles. The number of fused-ring (bicyclic) bond motifs is 1. The maximum absolute atomic E-state index is 11.9. The second kappa shape index (κ2) is 6.40. The standard InChI is InChI=1S/C16H18N2O3/c1-21-15(20)7-6-14(19)18-16(11-17)9-8-12-4-2-3-5-13(12)10-16/h2-5H,6-10H2,1H3,(H,18,19). The van der Waals surface area contributed by atoms with Crippen LogP contribution in [0, 0.1) is 11.3 Å². The van der Waals surface area contributed by atoms with Gasteiger partial charge in [-0.3, -0.25) is 9.59 Å². The predicted octanol–water partition coefficient (Wildman–Crippen LogP) is 1.51. The number of nitriles is 1. The van der Waals surface area contributed by atoms with Crippen LogP contribution in [0.2, 0.25) is 0 Å². The summed E-state index contributed by atoms with van der Waals surface area (Å²) in [4.78, 5) is 23.0. The van der Waals surface area contributed by atoms with Gasteiger partial charge in [0.05, 0.1) is 19.6 Å². The summed E-state index contributed by atoms with van der Waals surface area (Å²) in [6, 6.07) is 10.2. The molecule has 0 spiro atoms. The van der Waals surface area contributed by atoms with Crippen LogP contribution >= 0.6 is 0 Å². The Morgan fingerprint density at radius 3 is 2.71 bits per heavy atom. The molecular weight excluding hydrogens is 268 g/mol. The number of ether oxygens (including phenoxy) is 1. The van der Waals surface area contributed by atoms with Crippen molar-refractivity contribution in [3.8, 4) is 6.07 Å². The highest BCUT2D eigenvalue weighted by Gasteiger charge is 2.35. The summed E-state index contributed by atoms with van der Waals surface area (Å²) >= 11 is 0. The fourth-order valence-electron chi connectivity index (χ4n) is 2.61. The van der Waals surface area contributed by atoms with Crippen LogP contribution < -0.4 is 5.32 Å². The van der Waals surface area contributed by atoms with E-state index in [1.165, 1.54) is 12.7 Å². The molecule has 1 atom stereocenters. The highest BCUT2D eigenvalue weighted by Crippen LogP contribution is 2.28. The van der Waals surface area contributed by atoms with Crippen molar-refractivity contribution in [2.45, 2.75) is 37.6 Å². The lowest BCUT2D eigenvalue weighted by atomic mass is 9.78. The summed E-state index contributed by atoms with van der Waals surface area (Å²) in [5.41, 5.74) is 1.45. The predicted molar refractivity (Wildman–Crippen MR) is 76.2 cm³/mol. The first-order valence-corrected chi connectivity index (χ1v) is 6.94. The van der Waals surface area contributed by atoms with Gasteiger partial charge in [-0.2, -0.15) is 5.26 Å². The average molecular weight is 286 g/mol. The van der Waals surface area contributed by atoms with Crippen molar-refractivity contribution >= 4 is 11.9 Å². The number of carbonyl (C=O) groups excluding carboxylic acids is 2. The summed E-state index contributed by atoms with van der Waals surface area (Å²) in [7, 11) is 1.29. The lowest BCUT2D eigenvalue weighted by Gasteiger charge is -2.33. The molecule has 0 saturated carbocycles. The minimum atomic E-state index is -0.873. The second-order valence-electron chi connectivity index (χ2n) is 5.26. The normalized spacial score (nSPS) is 20.0. The molecule has 110 valence electrons. The van der Waals surface area contributed by atoms with E-state index in [-0.39, 0.29) is 18.7 Å². The van der Waals surface area contributed by atoms with E-state index >= 15 is 0 Å². The van der Waals surface area contributed by atoms with Gasteiger partial charge < -0.3 is 10.1 Å². The van der Waals surface area contributed by atoms with Crippen LogP contribution in [-0.2, 0) is 27.2 Å². The van der Waals surface area contributed by atoms with Crippen molar-refractivity contribution in [2.24, 2.45) is 0 Å². The molecule has 0 bridgehead atoms. The Kier molecular flexibility index (Phi) is 4.59. The van der Waals surface area contributed by atoms with Crippen LogP contribution in [0.5, 0.6) is 0 Å². The zero-order chi connectivity index (χ0) is 15.3. The lowest BCUT2D eigenvalue weighted by Crippen LogP contribution is -2.51. The van der Waals surface area contributed by atoms with E-state index in [9.17, 15) is 14.9 Å².